The van der Waals surface area contributed by atoms with Crippen molar-refractivity contribution >= 4 is 15.9 Å². The summed E-state index contributed by atoms with van der Waals surface area (Å²) in [7, 11) is 0. The molecule has 2 atom stereocenters. The Bertz CT molecular complexity index is 460. The molecule has 1 aromatic rings. The van der Waals surface area contributed by atoms with Crippen molar-refractivity contribution in [2.24, 2.45) is 5.92 Å². The fourth-order valence-corrected chi connectivity index (χ4v) is 3.66. The highest BCUT2D eigenvalue weighted by atomic mass is 79.9. The molecular formula is C18H29BrN2. The van der Waals surface area contributed by atoms with Crippen molar-refractivity contribution in [1.82, 2.24) is 10.2 Å². The van der Waals surface area contributed by atoms with Gasteiger partial charge in [0.1, 0.15) is 0 Å². The Labute approximate surface area is 138 Å². The number of hydrogen-bond donors (Lipinski definition) is 1. The van der Waals surface area contributed by atoms with Gasteiger partial charge in [0.05, 0.1) is 0 Å². The topological polar surface area (TPSA) is 15.3 Å². The summed E-state index contributed by atoms with van der Waals surface area (Å²) >= 11 is 3.59. The molecule has 0 bridgehead atoms. The molecule has 2 nitrogen and oxygen atoms in total. The van der Waals surface area contributed by atoms with Crippen LogP contribution in [0.1, 0.15) is 46.1 Å². The molecule has 1 saturated heterocycles. The zero-order valence-corrected chi connectivity index (χ0v) is 15.4. The van der Waals surface area contributed by atoms with Crippen molar-refractivity contribution in [2.45, 2.75) is 58.7 Å². The monoisotopic (exact) mass is 352 g/mol. The highest BCUT2D eigenvalue weighted by Crippen LogP contribution is 2.27. The van der Waals surface area contributed by atoms with Crippen LogP contribution in [-0.2, 0) is 6.54 Å². The fraction of sp³-hybridized carbons (Fsp3) is 0.667. The smallest absolute Gasteiger partial charge is 0.0307 e. The van der Waals surface area contributed by atoms with E-state index < -0.39 is 0 Å². The van der Waals surface area contributed by atoms with Crippen LogP contribution in [0.5, 0.6) is 0 Å². The van der Waals surface area contributed by atoms with Crippen molar-refractivity contribution in [2.75, 3.05) is 13.1 Å². The minimum absolute atomic E-state index is 0.260. The van der Waals surface area contributed by atoms with Gasteiger partial charge in [-0.25, -0.2) is 0 Å². The Morgan fingerprint density at radius 1 is 1.43 bits per heavy atom. The minimum Gasteiger partial charge on any atom is -0.311 e. The SMILES string of the molecule is CCC1(C)CNC(CC(C)C)CN1Cc1cccc(Br)c1. The largest absolute Gasteiger partial charge is 0.311 e. The van der Waals surface area contributed by atoms with Gasteiger partial charge in [-0.3, -0.25) is 4.90 Å². The third-order valence-corrected chi connectivity index (χ3v) is 5.25. The van der Waals surface area contributed by atoms with Gasteiger partial charge in [0.15, 0.2) is 0 Å². The normalized spacial score (nSPS) is 27.2. The summed E-state index contributed by atoms with van der Waals surface area (Å²) in [5.74, 6) is 0.751. The molecule has 1 N–H and O–H groups in total. The van der Waals surface area contributed by atoms with E-state index in [-0.39, 0.29) is 5.54 Å². The fourth-order valence-electron chi connectivity index (χ4n) is 3.21. The van der Waals surface area contributed by atoms with Crippen LogP contribution in [0.4, 0.5) is 0 Å². The summed E-state index contributed by atoms with van der Waals surface area (Å²) in [5, 5.41) is 3.77. The number of nitrogens with zero attached hydrogens (tertiary/aromatic N) is 1. The van der Waals surface area contributed by atoms with E-state index in [1.165, 1.54) is 22.9 Å². The average Bonchev–Trinajstić information content (AvgIpc) is 2.42. The molecule has 0 saturated carbocycles. The molecule has 1 aliphatic heterocycles. The van der Waals surface area contributed by atoms with Gasteiger partial charge in [0.2, 0.25) is 0 Å². The minimum atomic E-state index is 0.260. The first-order chi connectivity index (χ1) is 9.93. The molecule has 1 aromatic carbocycles. The standard InChI is InChI=1S/C18H29BrN2/c1-5-18(4)13-20-17(9-14(2)3)12-21(18)11-15-7-6-8-16(19)10-15/h6-8,10,14,17,20H,5,9,11-13H2,1-4H3. The quantitative estimate of drug-likeness (QED) is 0.842. The maximum Gasteiger partial charge on any atom is 0.0307 e. The van der Waals surface area contributed by atoms with Crippen LogP contribution < -0.4 is 5.32 Å². The third-order valence-electron chi connectivity index (χ3n) is 4.76. The number of hydrogen-bond acceptors (Lipinski definition) is 2. The molecule has 0 aromatic heterocycles. The van der Waals surface area contributed by atoms with E-state index in [9.17, 15) is 0 Å². The van der Waals surface area contributed by atoms with E-state index in [1.54, 1.807) is 0 Å². The summed E-state index contributed by atoms with van der Waals surface area (Å²) in [5.41, 5.74) is 1.66. The Morgan fingerprint density at radius 2 is 2.19 bits per heavy atom. The van der Waals surface area contributed by atoms with Crippen LogP contribution in [0, 0.1) is 5.92 Å². The van der Waals surface area contributed by atoms with Gasteiger partial charge in [0.25, 0.3) is 0 Å². The number of benzene rings is 1. The molecule has 1 heterocycles. The highest BCUT2D eigenvalue weighted by molar-refractivity contribution is 9.10. The second kappa shape index (κ2) is 7.26. The maximum absolute atomic E-state index is 3.77. The maximum atomic E-state index is 3.77. The van der Waals surface area contributed by atoms with Gasteiger partial charge in [-0.2, -0.15) is 0 Å². The first-order valence-electron chi connectivity index (χ1n) is 8.16. The van der Waals surface area contributed by atoms with Crippen molar-refractivity contribution in [1.29, 1.82) is 0 Å². The number of halogens is 1. The van der Waals surface area contributed by atoms with E-state index in [0.29, 0.717) is 6.04 Å². The molecule has 3 heteroatoms. The first kappa shape index (κ1) is 17.0. The lowest BCUT2D eigenvalue weighted by Crippen LogP contribution is -2.62. The lowest BCUT2D eigenvalue weighted by molar-refractivity contribution is 0.0372. The van der Waals surface area contributed by atoms with Crippen LogP contribution >= 0.6 is 15.9 Å². The highest BCUT2D eigenvalue weighted by Gasteiger charge is 2.36. The second-order valence-corrected chi connectivity index (χ2v) is 7.98. The summed E-state index contributed by atoms with van der Waals surface area (Å²) in [6, 6.07) is 9.34. The van der Waals surface area contributed by atoms with Gasteiger partial charge < -0.3 is 5.32 Å². The predicted octanol–water partition coefficient (Wildman–Crippen LogP) is 4.44. The number of rotatable bonds is 5. The molecule has 0 spiro atoms. The first-order valence-corrected chi connectivity index (χ1v) is 8.95. The van der Waals surface area contributed by atoms with Crippen LogP contribution in [0.2, 0.25) is 0 Å². The molecule has 2 rings (SSSR count). The van der Waals surface area contributed by atoms with Crippen molar-refractivity contribution < 1.29 is 0 Å². The van der Waals surface area contributed by atoms with Gasteiger partial charge in [-0.15, -0.1) is 0 Å². The van der Waals surface area contributed by atoms with E-state index >= 15 is 0 Å². The zero-order valence-electron chi connectivity index (χ0n) is 13.8. The van der Waals surface area contributed by atoms with Crippen molar-refractivity contribution in [3.8, 4) is 0 Å². The third kappa shape index (κ3) is 4.54. The number of piperazine rings is 1. The second-order valence-electron chi connectivity index (χ2n) is 7.07. The molecule has 0 amide bonds. The molecule has 1 aliphatic rings. The van der Waals surface area contributed by atoms with E-state index in [0.717, 1.165) is 25.6 Å². The zero-order chi connectivity index (χ0) is 15.5. The molecule has 1 fully saturated rings. The molecule has 0 aliphatic carbocycles. The summed E-state index contributed by atoms with van der Waals surface area (Å²) in [6.07, 6.45) is 2.44. The van der Waals surface area contributed by atoms with Gasteiger partial charge in [0, 0.05) is 35.7 Å². The molecule has 21 heavy (non-hydrogen) atoms. The Morgan fingerprint density at radius 3 is 2.81 bits per heavy atom. The van der Waals surface area contributed by atoms with Gasteiger partial charge in [-0.05, 0) is 43.4 Å². The number of nitrogens with one attached hydrogen (secondary N) is 1. The molecule has 0 radical (unpaired) electrons. The summed E-state index contributed by atoms with van der Waals surface area (Å²) in [6.45, 7) is 12.6. The van der Waals surface area contributed by atoms with Crippen LogP contribution in [0.25, 0.3) is 0 Å². The lowest BCUT2D eigenvalue weighted by atomic mass is 9.89. The van der Waals surface area contributed by atoms with E-state index in [1.807, 2.05) is 0 Å². The molecular weight excluding hydrogens is 324 g/mol. The summed E-state index contributed by atoms with van der Waals surface area (Å²) < 4.78 is 1.17. The van der Waals surface area contributed by atoms with Crippen molar-refractivity contribution in [3.63, 3.8) is 0 Å². The predicted molar refractivity (Wildman–Crippen MR) is 94.5 cm³/mol. The van der Waals surface area contributed by atoms with Crippen LogP contribution in [0.15, 0.2) is 28.7 Å². The average molecular weight is 353 g/mol. The Hall–Kier alpha value is -0.380. The van der Waals surface area contributed by atoms with Gasteiger partial charge in [-0.1, -0.05) is 48.8 Å². The summed E-state index contributed by atoms with van der Waals surface area (Å²) in [4.78, 5) is 2.68. The molecule has 2 unspecified atom stereocenters. The van der Waals surface area contributed by atoms with E-state index in [2.05, 4.69) is 78.1 Å². The lowest BCUT2D eigenvalue weighted by Gasteiger charge is -2.48. The van der Waals surface area contributed by atoms with Crippen molar-refractivity contribution in [3.05, 3.63) is 34.3 Å². The van der Waals surface area contributed by atoms with Crippen LogP contribution in [-0.4, -0.2) is 29.6 Å². The van der Waals surface area contributed by atoms with Crippen LogP contribution in [0.3, 0.4) is 0 Å². The van der Waals surface area contributed by atoms with Gasteiger partial charge >= 0.3 is 0 Å². The Balaban J connectivity index is 2.10. The Kier molecular flexibility index (Phi) is 5.87. The van der Waals surface area contributed by atoms with E-state index in [4.69, 9.17) is 0 Å². The molecule has 118 valence electrons.